The fourth-order valence-electron chi connectivity index (χ4n) is 2.01. The van der Waals surface area contributed by atoms with Crippen molar-refractivity contribution in [2.45, 2.75) is 13.3 Å². The molecule has 1 amide bonds. The van der Waals surface area contributed by atoms with Crippen molar-refractivity contribution in [1.29, 1.82) is 0 Å². The normalized spacial score (nSPS) is 12.0. The number of carboxylic acid groups (broad SMARTS) is 1. The van der Waals surface area contributed by atoms with Gasteiger partial charge < -0.3 is 15.4 Å². The lowest BCUT2D eigenvalue weighted by Gasteiger charge is -2.09. The average Bonchev–Trinajstić information content (AvgIpc) is 2.45. The summed E-state index contributed by atoms with van der Waals surface area (Å²) in [4.78, 5) is 37.1. The molecular weight excluding hydrogens is 272 g/mol. The van der Waals surface area contributed by atoms with Crippen molar-refractivity contribution in [3.8, 4) is 0 Å². The number of amides is 1. The number of para-hydroxylation sites is 1. The summed E-state index contributed by atoms with van der Waals surface area (Å²) in [5, 5.41) is 12.1. The number of hydrogen-bond acceptors (Lipinski definition) is 3. The number of aromatic nitrogens is 1. The van der Waals surface area contributed by atoms with Crippen LogP contribution in [0.15, 0.2) is 35.1 Å². The number of H-pyrrole nitrogens is 1. The first-order valence-corrected chi connectivity index (χ1v) is 6.62. The fraction of sp³-hybridized carbons (Fsp3) is 0.267. The predicted octanol–water partition coefficient (Wildman–Crippen LogP) is 1.37. The van der Waals surface area contributed by atoms with Crippen molar-refractivity contribution >= 4 is 22.8 Å². The number of carbonyl (C=O) groups excluding carboxylic acids is 1. The Morgan fingerprint density at radius 1 is 1.33 bits per heavy atom. The molecule has 1 unspecified atom stereocenters. The van der Waals surface area contributed by atoms with Gasteiger partial charge in [0.15, 0.2) is 0 Å². The average molecular weight is 288 g/mol. The number of aliphatic carboxylic acids is 1. The molecule has 0 aliphatic rings. The van der Waals surface area contributed by atoms with Crippen LogP contribution >= 0.6 is 0 Å². The van der Waals surface area contributed by atoms with Crippen LogP contribution in [0.5, 0.6) is 0 Å². The van der Waals surface area contributed by atoms with E-state index in [1.165, 1.54) is 6.07 Å². The highest BCUT2D eigenvalue weighted by molar-refractivity contribution is 6.05. The monoisotopic (exact) mass is 288 g/mol. The molecule has 0 aliphatic carbocycles. The van der Waals surface area contributed by atoms with Gasteiger partial charge in [-0.3, -0.25) is 14.4 Å². The van der Waals surface area contributed by atoms with Crippen LogP contribution < -0.4 is 10.9 Å². The van der Waals surface area contributed by atoms with Crippen molar-refractivity contribution in [3.05, 3.63) is 46.2 Å². The maximum Gasteiger partial charge on any atom is 0.306 e. The molecule has 0 fully saturated rings. The van der Waals surface area contributed by atoms with Crippen LogP contribution in [0.4, 0.5) is 0 Å². The summed E-state index contributed by atoms with van der Waals surface area (Å²) in [6.45, 7) is 1.82. The van der Waals surface area contributed by atoms with Gasteiger partial charge in [-0.25, -0.2) is 0 Å². The molecule has 0 saturated carbocycles. The van der Waals surface area contributed by atoms with Gasteiger partial charge in [0, 0.05) is 23.5 Å². The Hall–Kier alpha value is -2.63. The summed E-state index contributed by atoms with van der Waals surface area (Å²) in [5.41, 5.74) is 0.532. The van der Waals surface area contributed by atoms with Crippen molar-refractivity contribution in [2.24, 2.45) is 5.92 Å². The minimum absolute atomic E-state index is 0.243. The number of carbonyl (C=O) groups is 2. The number of fused-ring (bicyclic) bond motifs is 1. The summed E-state index contributed by atoms with van der Waals surface area (Å²) in [6.07, 6.45) is 0.336. The quantitative estimate of drug-likeness (QED) is 0.773. The molecule has 0 radical (unpaired) electrons. The highest BCUT2D eigenvalue weighted by atomic mass is 16.4. The second-order valence-electron chi connectivity index (χ2n) is 4.88. The van der Waals surface area contributed by atoms with E-state index in [2.05, 4.69) is 10.3 Å². The molecule has 110 valence electrons. The van der Waals surface area contributed by atoms with Gasteiger partial charge in [0.25, 0.3) is 5.91 Å². The Morgan fingerprint density at radius 3 is 2.76 bits per heavy atom. The van der Waals surface area contributed by atoms with Crippen LogP contribution in [-0.4, -0.2) is 28.5 Å². The van der Waals surface area contributed by atoms with E-state index in [9.17, 15) is 14.4 Å². The van der Waals surface area contributed by atoms with Crippen LogP contribution in [0.3, 0.4) is 0 Å². The Kier molecular flexibility index (Phi) is 4.37. The predicted molar refractivity (Wildman–Crippen MR) is 78.3 cm³/mol. The summed E-state index contributed by atoms with van der Waals surface area (Å²) in [7, 11) is 0. The lowest BCUT2D eigenvalue weighted by atomic mass is 10.1. The molecule has 21 heavy (non-hydrogen) atoms. The van der Waals surface area contributed by atoms with Gasteiger partial charge in [0.1, 0.15) is 0 Å². The molecule has 0 aliphatic heterocycles. The zero-order valence-corrected chi connectivity index (χ0v) is 11.6. The first kappa shape index (κ1) is 14.8. The molecule has 1 aromatic heterocycles. The summed E-state index contributed by atoms with van der Waals surface area (Å²) >= 11 is 0. The molecule has 1 atom stereocenters. The number of rotatable bonds is 5. The highest BCUT2D eigenvalue weighted by Crippen LogP contribution is 2.14. The molecule has 6 heteroatoms. The lowest BCUT2D eigenvalue weighted by Crippen LogP contribution is -2.28. The standard InChI is InChI=1S/C15H16N2O4/c1-9(15(20)21)6-7-16-14(19)11-8-13(18)17-12-5-3-2-4-10(11)12/h2-5,8-9H,6-7H2,1H3,(H,16,19)(H,17,18)(H,20,21). The van der Waals surface area contributed by atoms with E-state index in [0.717, 1.165) is 0 Å². The Balaban J connectivity index is 2.16. The number of benzene rings is 1. The highest BCUT2D eigenvalue weighted by Gasteiger charge is 2.13. The van der Waals surface area contributed by atoms with Crippen LogP contribution in [0.25, 0.3) is 10.9 Å². The number of carboxylic acids is 1. The van der Waals surface area contributed by atoms with E-state index < -0.39 is 11.9 Å². The van der Waals surface area contributed by atoms with Crippen molar-refractivity contribution in [1.82, 2.24) is 10.3 Å². The fourth-order valence-corrected chi connectivity index (χ4v) is 2.01. The van der Waals surface area contributed by atoms with Crippen LogP contribution in [-0.2, 0) is 4.79 Å². The lowest BCUT2D eigenvalue weighted by molar-refractivity contribution is -0.141. The molecular formula is C15H16N2O4. The van der Waals surface area contributed by atoms with Crippen molar-refractivity contribution in [3.63, 3.8) is 0 Å². The minimum atomic E-state index is -0.897. The number of pyridine rings is 1. The topological polar surface area (TPSA) is 99.3 Å². The molecule has 0 bridgehead atoms. The van der Waals surface area contributed by atoms with Gasteiger partial charge >= 0.3 is 5.97 Å². The van der Waals surface area contributed by atoms with Gasteiger partial charge in [0.05, 0.1) is 11.5 Å². The van der Waals surface area contributed by atoms with E-state index in [-0.39, 0.29) is 23.6 Å². The third-order valence-electron chi connectivity index (χ3n) is 3.28. The van der Waals surface area contributed by atoms with Crippen molar-refractivity contribution < 1.29 is 14.7 Å². The van der Waals surface area contributed by atoms with Crippen molar-refractivity contribution in [2.75, 3.05) is 6.54 Å². The molecule has 0 saturated heterocycles. The molecule has 6 nitrogen and oxygen atoms in total. The maximum atomic E-state index is 12.2. The number of nitrogens with one attached hydrogen (secondary N) is 2. The maximum absolute atomic E-state index is 12.2. The number of hydrogen-bond donors (Lipinski definition) is 3. The molecule has 2 aromatic rings. The van der Waals surface area contributed by atoms with Gasteiger partial charge in [-0.1, -0.05) is 25.1 Å². The van der Waals surface area contributed by atoms with Gasteiger partial charge in [-0.15, -0.1) is 0 Å². The van der Waals surface area contributed by atoms with Gasteiger partial charge in [0.2, 0.25) is 5.56 Å². The Morgan fingerprint density at radius 2 is 2.05 bits per heavy atom. The van der Waals surface area contributed by atoms with E-state index in [0.29, 0.717) is 17.3 Å². The summed E-state index contributed by atoms with van der Waals surface area (Å²) < 4.78 is 0. The molecule has 0 spiro atoms. The first-order chi connectivity index (χ1) is 9.99. The molecule has 1 heterocycles. The molecule has 2 rings (SSSR count). The smallest absolute Gasteiger partial charge is 0.306 e. The second-order valence-corrected chi connectivity index (χ2v) is 4.88. The zero-order valence-electron chi connectivity index (χ0n) is 11.6. The van der Waals surface area contributed by atoms with Crippen LogP contribution in [0, 0.1) is 5.92 Å². The third-order valence-corrected chi connectivity index (χ3v) is 3.28. The van der Waals surface area contributed by atoms with E-state index >= 15 is 0 Å². The van der Waals surface area contributed by atoms with Gasteiger partial charge in [-0.2, -0.15) is 0 Å². The van der Waals surface area contributed by atoms with Gasteiger partial charge in [-0.05, 0) is 12.5 Å². The SMILES string of the molecule is CC(CCNC(=O)c1cc(=O)[nH]c2ccccc12)C(=O)O. The zero-order chi connectivity index (χ0) is 15.4. The molecule has 1 aromatic carbocycles. The number of aromatic amines is 1. The summed E-state index contributed by atoms with van der Waals surface area (Å²) in [5.74, 6) is -1.80. The Labute approximate surface area is 120 Å². The van der Waals surface area contributed by atoms with Crippen LogP contribution in [0.1, 0.15) is 23.7 Å². The largest absolute Gasteiger partial charge is 0.481 e. The van der Waals surface area contributed by atoms with E-state index in [1.54, 1.807) is 31.2 Å². The molecule has 3 N–H and O–H groups in total. The third kappa shape index (κ3) is 3.47. The first-order valence-electron chi connectivity index (χ1n) is 6.62. The summed E-state index contributed by atoms with van der Waals surface area (Å²) in [6, 6.07) is 8.27. The second kappa shape index (κ2) is 6.21. The van der Waals surface area contributed by atoms with E-state index in [4.69, 9.17) is 5.11 Å². The van der Waals surface area contributed by atoms with E-state index in [1.807, 2.05) is 0 Å². The van der Waals surface area contributed by atoms with Crippen LogP contribution in [0.2, 0.25) is 0 Å². The Bertz CT molecular complexity index is 736. The minimum Gasteiger partial charge on any atom is -0.481 e.